The third-order valence-electron chi connectivity index (χ3n) is 2.79. The lowest BCUT2D eigenvalue weighted by atomic mass is 9.78. The molecule has 0 aromatic rings. The van der Waals surface area contributed by atoms with Crippen molar-refractivity contribution in [2.24, 2.45) is 11.8 Å². The molecule has 0 amide bonds. The number of rotatable bonds is 2. The Kier molecular flexibility index (Phi) is 3.01. The van der Waals surface area contributed by atoms with E-state index in [0.717, 1.165) is 12.8 Å². The molecule has 2 unspecified atom stereocenters. The van der Waals surface area contributed by atoms with E-state index in [1.54, 1.807) is 0 Å². The smallest absolute Gasteiger partial charge is 0.137 e. The molecular weight excluding hydrogens is 152 g/mol. The molecule has 0 aliphatic heterocycles. The topological polar surface area (TPSA) is 34.1 Å². The van der Waals surface area contributed by atoms with Gasteiger partial charge in [-0.1, -0.05) is 13.8 Å². The highest BCUT2D eigenvalue weighted by Crippen LogP contribution is 2.26. The van der Waals surface area contributed by atoms with Crippen LogP contribution in [0, 0.1) is 11.8 Å². The van der Waals surface area contributed by atoms with Gasteiger partial charge in [0, 0.05) is 24.7 Å². The van der Waals surface area contributed by atoms with Crippen LogP contribution in [-0.2, 0) is 9.59 Å². The fourth-order valence-corrected chi connectivity index (χ4v) is 1.79. The van der Waals surface area contributed by atoms with Crippen molar-refractivity contribution in [3.8, 4) is 0 Å². The van der Waals surface area contributed by atoms with Gasteiger partial charge in [0.15, 0.2) is 0 Å². The van der Waals surface area contributed by atoms with Crippen LogP contribution < -0.4 is 0 Å². The van der Waals surface area contributed by atoms with Crippen LogP contribution in [0.25, 0.3) is 0 Å². The van der Waals surface area contributed by atoms with Crippen molar-refractivity contribution in [1.29, 1.82) is 0 Å². The summed E-state index contributed by atoms with van der Waals surface area (Å²) in [6.07, 6.45) is 2.63. The van der Waals surface area contributed by atoms with Gasteiger partial charge in [0.2, 0.25) is 0 Å². The molecule has 0 heterocycles. The lowest BCUT2D eigenvalue weighted by Crippen LogP contribution is -2.31. The first-order valence-electron chi connectivity index (χ1n) is 4.74. The van der Waals surface area contributed by atoms with Gasteiger partial charge in [0.05, 0.1) is 0 Å². The largest absolute Gasteiger partial charge is 0.299 e. The second-order valence-electron chi connectivity index (χ2n) is 3.55. The van der Waals surface area contributed by atoms with Crippen LogP contribution in [0.2, 0.25) is 0 Å². The van der Waals surface area contributed by atoms with E-state index in [9.17, 15) is 9.59 Å². The van der Waals surface area contributed by atoms with Gasteiger partial charge in [-0.15, -0.1) is 0 Å². The zero-order valence-corrected chi connectivity index (χ0v) is 7.80. The van der Waals surface area contributed by atoms with Gasteiger partial charge < -0.3 is 0 Å². The Hall–Kier alpha value is -0.660. The molecule has 68 valence electrons. The minimum absolute atomic E-state index is 0.0281. The lowest BCUT2D eigenvalue weighted by molar-refractivity contribution is -0.137. The van der Waals surface area contributed by atoms with Crippen molar-refractivity contribution < 1.29 is 9.59 Å². The fourth-order valence-electron chi connectivity index (χ4n) is 1.79. The number of hydrogen-bond acceptors (Lipinski definition) is 2. The van der Waals surface area contributed by atoms with Gasteiger partial charge in [0.25, 0.3) is 0 Å². The summed E-state index contributed by atoms with van der Waals surface area (Å²) in [6, 6.07) is 0. The average molecular weight is 168 g/mol. The van der Waals surface area contributed by atoms with E-state index in [1.807, 2.05) is 13.8 Å². The van der Waals surface area contributed by atoms with Gasteiger partial charge >= 0.3 is 0 Å². The highest BCUT2D eigenvalue weighted by Gasteiger charge is 2.32. The van der Waals surface area contributed by atoms with E-state index < -0.39 is 0 Å². The maximum atomic E-state index is 11.4. The molecule has 0 aromatic heterocycles. The van der Waals surface area contributed by atoms with E-state index in [-0.39, 0.29) is 11.8 Å². The Bertz CT molecular complexity index is 174. The molecule has 2 heteroatoms. The minimum atomic E-state index is 0.0281. The molecule has 0 N–H and O–H groups in total. The van der Waals surface area contributed by atoms with Crippen LogP contribution in [0.5, 0.6) is 0 Å². The zero-order chi connectivity index (χ0) is 9.14. The monoisotopic (exact) mass is 168 g/mol. The average Bonchev–Trinajstić information content (AvgIpc) is 2.08. The van der Waals surface area contributed by atoms with Crippen molar-refractivity contribution >= 4 is 11.6 Å². The second-order valence-corrected chi connectivity index (χ2v) is 3.55. The number of carbonyl (C=O) groups is 2. The summed E-state index contributed by atoms with van der Waals surface area (Å²) in [5.74, 6) is 0.647. The molecule has 1 aliphatic carbocycles. The first-order chi connectivity index (χ1) is 5.69. The standard InChI is InChI=1S/C10H16O2/c1-3-7-5-10(12)8(4-2)6-9(7)11/h7-8H,3-6H2,1-2H3. The quantitative estimate of drug-likeness (QED) is 0.631. The molecule has 1 rings (SSSR count). The van der Waals surface area contributed by atoms with E-state index in [4.69, 9.17) is 0 Å². The predicted molar refractivity (Wildman–Crippen MR) is 46.8 cm³/mol. The number of ketones is 2. The van der Waals surface area contributed by atoms with Crippen molar-refractivity contribution in [1.82, 2.24) is 0 Å². The molecule has 2 nitrogen and oxygen atoms in total. The Morgan fingerprint density at radius 3 is 1.58 bits per heavy atom. The highest BCUT2D eigenvalue weighted by atomic mass is 16.1. The predicted octanol–water partition coefficient (Wildman–Crippen LogP) is 1.97. The van der Waals surface area contributed by atoms with Crippen LogP contribution in [0.4, 0.5) is 0 Å². The van der Waals surface area contributed by atoms with Crippen molar-refractivity contribution in [2.75, 3.05) is 0 Å². The van der Waals surface area contributed by atoms with Crippen LogP contribution >= 0.6 is 0 Å². The number of carbonyl (C=O) groups excluding carboxylic acids is 2. The minimum Gasteiger partial charge on any atom is -0.299 e. The maximum Gasteiger partial charge on any atom is 0.137 e. The summed E-state index contributed by atoms with van der Waals surface area (Å²) in [5.41, 5.74) is 0. The molecule has 0 aromatic carbocycles. The summed E-state index contributed by atoms with van der Waals surface area (Å²) in [7, 11) is 0. The molecule has 0 radical (unpaired) electrons. The molecule has 0 saturated heterocycles. The van der Waals surface area contributed by atoms with E-state index >= 15 is 0 Å². The summed E-state index contributed by atoms with van der Waals surface area (Å²) in [5, 5.41) is 0. The van der Waals surface area contributed by atoms with Gasteiger partial charge in [0.1, 0.15) is 11.6 Å². The first kappa shape index (κ1) is 9.43. The van der Waals surface area contributed by atoms with Crippen molar-refractivity contribution in [3.63, 3.8) is 0 Å². The molecule has 0 spiro atoms. The number of Topliss-reactive ketones (excluding diaryl/α,β-unsaturated/α-hetero) is 2. The van der Waals surface area contributed by atoms with Crippen LogP contribution in [0.15, 0.2) is 0 Å². The highest BCUT2D eigenvalue weighted by molar-refractivity contribution is 5.96. The van der Waals surface area contributed by atoms with Gasteiger partial charge in [-0.25, -0.2) is 0 Å². The summed E-state index contributed by atoms with van der Waals surface area (Å²) < 4.78 is 0. The Balaban J connectivity index is 2.61. The van der Waals surface area contributed by atoms with E-state index in [0.29, 0.717) is 24.4 Å². The molecule has 1 fully saturated rings. The summed E-state index contributed by atoms with van der Waals surface area (Å²) in [6.45, 7) is 3.95. The van der Waals surface area contributed by atoms with Crippen LogP contribution in [0.1, 0.15) is 39.5 Å². The van der Waals surface area contributed by atoms with E-state index in [2.05, 4.69) is 0 Å². The lowest BCUT2D eigenvalue weighted by Gasteiger charge is -2.24. The zero-order valence-electron chi connectivity index (χ0n) is 7.80. The van der Waals surface area contributed by atoms with Gasteiger partial charge in [-0.3, -0.25) is 9.59 Å². The third kappa shape index (κ3) is 1.74. The third-order valence-corrected chi connectivity index (χ3v) is 2.79. The van der Waals surface area contributed by atoms with Crippen LogP contribution in [0.3, 0.4) is 0 Å². The summed E-state index contributed by atoms with van der Waals surface area (Å²) in [4.78, 5) is 22.8. The SMILES string of the molecule is CCC1CC(=O)C(CC)CC1=O. The molecule has 2 atom stereocenters. The maximum absolute atomic E-state index is 11.4. The molecule has 12 heavy (non-hydrogen) atoms. The van der Waals surface area contributed by atoms with Gasteiger partial charge in [-0.2, -0.15) is 0 Å². The molecular formula is C10H16O2. The van der Waals surface area contributed by atoms with Crippen molar-refractivity contribution in [3.05, 3.63) is 0 Å². The number of hydrogen-bond donors (Lipinski definition) is 0. The van der Waals surface area contributed by atoms with Crippen molar-refractivity contribution in [2.45, 2.75) is 39.5 Å². The molecule has 0 bridgehead atoms. The Morgan fingerprint density at radius 2 is 1.33 bits per heavy atom. The fraction of sp³-hybridized carbons (Fsp3) is 0.800. The second kappa shape index (κ2) is 3.83. The summed E-state index contributed by atoms with van der Waals surface area (Å²) >= 11 is 0. The first-order valence-corrected chi connectivity index (χ1v) is 4.74. The Labute approximate surface area is 73.3 Å². The van der Waals surface area contributed by atoms with Crippen LogP contribution in [-0.4, -0.2) is 11.6 Å². The molecule has 1 saturated carbocycles. The van der Waals surface area contributed by atoms with Gasteiger partial charge in [-0.05, 0) is 12.8 Å². The van der Waals surface area contributed by atoms with E-state index in [1.165, 1.54) is 0 Å². The molecule has 1 aliphatic rings. The Morgan fingerprint density at radius 1 is 1.00 bits per heavy atom. The normalized spacial score (nSPS) is 30.8.